The van der Waals surface area contributed by atoms with Crippen LogP contribution in [-0.2, 0) is 6.42 Å². The lowest BCUT2D eigenvalue weighted by atomic mass is 9.95. The summed E-state index contributed by atoms with van der Waals surface area (Å²) in [6, 6.07) is 9.69. The maximum atomic E-state index is 10.7. The summed E-state index contributed by atoms with van der Waals surface area (Å²) in [6.07, 6.45) is 6.80. The summed E-state index contributed by atoms with van der Waals surface area (Å²) < 4.78 is 1.92. The second-order valence-electron chi connectivity index (χ2n) is 8.40. The summed E-state index contributed by atoms with van der Waals surface area (Å²) >= 11 is 0. The van der Waals surface area contributed by atoms with E-state index < -0.39 is 12.2 Å². The van der Waals surface area contributed by atoms with Crippen molar-refractivity contribution in [2.24, 2.45) is 5.92 Å². The van der Waals surface area contributed by atoms with Gasteiger partial charge in [0.15, 0.2) is 0 Å². The molecule has 3 aromatic heterocycles. The van der Waals surface area contributed by atoms with Crippen molar-refractivity contribution in [1.82, 2.24) is 19.5 Å². The average Bonchev–Trinajstić information content (AvgIpc) is 3.31. The zero-order chi connectivity index (χ0) is 21.5. The van der Waals surface area contributed by atoms with Gasteiger partial charge in [0.2, 0.25) is 0 Å². The summed E-state index contributed by atoms with van der Waals surface area (Å²) in [5.41, 5.74) is 13.6. The minimum atomic E-state index is -0.846. The van der Waals surface area contributed by atoms with E-state index in [0.717, 1.165) is 35.4 Å². The van der Waals surface area contributed by atoms with Gasteiger partial charge in [-0.2, -0.15) is 0 Å². The van der Waals surface area contributed by atoms with Crippen LogP contribution in [0.1, 0.15) is 30.9 Å². The largest absolute Gasteiger partial charge is 0.390 e. The Morgan fingerprint density at radius 1 is 1.03 bits per heavy atom. The number of aryl methyl sites for hydroxylation is 1. The van der Waals surface area contributed by atoms with Crippen LogP contribution in [0.4, 0.5) is 11.6 Å². The Hall–Kier alpha value is -3.23. The van der Waals surface area contributed by atoms with E-state index in [0.29, 0.717) is 23.7 Å². The molecule has 160 valence electrons. The van der Waals surface area contributed by atoms with Gasteiger partial charge in [-0.15, -0.1) is 0 Å². The van der Waals surface area contributed by atoms with Gasteiger partial charge in [-0.05, 0) is 54.7 Å². The van der Waals surface area contributed by atoms with Crippen LogP contribution in [0, 0.1) is 5.92 Å². The molecule has 4 atom stereocenters. The van der Waals surface area contributed by atoms with Crippen molar-refractivity contribution in [3.63, 3.8) is 0 Å². The Kier molecular flexibility index (Phi) is 4.95. The lowest BCUT2D eigenvalue weighted by Gasteiger charge is -2.19. The minimum absolute atomic E-state index is 0.0142. The van der Waals surface area contributed by atoms with Gasteiger partial charge in [-0.25, -0.2) is 15.0 Å². The van der Waals surface area contributed by atoms with Crippen LogP contribution in [0.5, 0.6) is 0 Å². The molecule has 0 spiro atoms. The highest BCUT2D eigenvalue weighted by Gasteiger charge is 2.42. The molecule has 1 aliphatic rings. The van der Waals surface area contributed by atoms with E-state index in [-0.39, 0.29) is 12.0 Å². The fraction of sp³-hybridized carbons (Fsp3) is 0.348. The fourth-order valence-electron chi connectivity index (χ4n) is 4.94. The number of fused-ring (bicyclic) bond motifs is 2. The Morgan fingerprint density at radius 3 is 2.77 bits per heavy atom. The zero-order valence-corrected chi connectivity index (χ0v) is 17.1. The third-order valence-corrected chi connectivity index (χ3v) is 6.57. The molecular weight excluding hydrogens is 392 g/mol. The average molecular weight is 419 g/mol. The molecular formula is C23H26N6O2. The number of pyridine rings is 1. The number of anilines is 2. The van der Waals surface area contributed by atoms with Crippen LogP contribution >= 0.6 is 0 Å². The van der Waals surface area contributed by atoms with Crippen molar-refractivity contribution in [1.29, 1.82) is 0 Å². The van der Waals surface area contributed by atoms with Gasteiger partial charge >= 0.3 is 0 Å². The number of hydrogen-bond donors (Lipinski definition) is 4. The highest BCUT2D eigenvalue weighted by Crippen LogP contribution is 2.40. The maximum Gasteiger partial charge on any atom is 0.145 e. The lowest BCUT2D eigenvalue weighted by molar-refractivity contribution is 0.00511. The standard InChI is InChI=1S/C23H26N6O2/c24-19-10-14-5-1-3-13(17(14)11-26-19)4-2-6-15-9-18(21(31)20(15)30)29-8-7-16-22(25)27-12-28-23(16)29/h1,3,5,7-8,10-12,15,18,20-21,30-31H,2,4,6,9H2,(H2,24,26)(H2,25,27,28)/t15-,18+,20+,21-/m0/s1. The van der Waals surface area contributed by atoms with E-state index in [1.165, 1.54) is 11.9 Å². The number of aliphatic hydroxyl groups excluding tert-OH is 2. The van der Waals surface area contributed by atoms with Gasteiger partial charge in [0.05, 0.1) is 17.5 Å². The van der Waals surface area contributed by atoms with Crippen molar-refractivity contribution >= 4 is 33.4 Å². The predicted octanol–water partition coefficient (Wildman–Crippen LogP) is 2.45. The molecule has 0 aliphatic heterocycles. The first-order valence-corrected chi connectivity index (χ1v) is 10.6. The molecule has 8 heteroatoms. The molecule has 5 rings (SSSR count). The molecule has 3 heterocycles. The number of rotatable bonds is 5. The van der Waals surface area contributed by atoms with Crippen LogP contribution < -0.4 is 11.5 Å². The minimum Gasteiger partial charge on any atom is -0.390 e. The SMILES string of the molecule is Nc1cc2cccc(CCC[C@H]3C[C@@H](n4ccc5c(N)ncnc54)[C@H](O)[C@@H]3O)c2cn1. The third-order valence-electron chi connectivity index (χ3n) is 6.57. The molecule has 1 fully saturated rings. The molecule has 8 nitrogen and oxygen atoms in total. The van der Waals surface area contributed by atoms with E-state index in [9.17, 15) is 10.2 Å². The monoisotopic (exact) mass is 418 g/mol. The van der Waals surface area contributed by atoms with Crippen LogP contribution in [0.2, 0.25) is 0 Å². The number of nitrogens with two attached hydrogens (primary N) is 2. The molecule has 0 unspecified atom stereocenters. The molecule has 4 aromatic rings. The van der Waals surface area contributed by atoms with Crippen molar-refractivity contribution < 1.29 is 10.2 Å². The molecule has 0 amide bonds. The maximum absolute atomic E-state index is 10.7. The topological polar surface area (TPSA) is 136 Å². The van der Waals surface area contributed by atoms with Crippen molar-refractivity contribution in [3.8, 4) is 0 Å². The van der Waals surface area contributed by atoms with Crippen LogP contribution in [0.25, 0.3) is 21.8 Å². The number of aromatic nitrogens is 4. The van der Waals surface area contributed by atoms with Crippen molar-refractivity contribution in [2.45, 2.75) is 43.9 Å². The highest BCUT2D eigenvalue weighted by molar-refractivity contribution is 5.87. The number of nitrogens with zero attached hydrogens (tertiary/aromatic N) is 4. The van der Waals surface area contributed by atoms with Crippen LogP contribution in [0.15, 0.2) is 49.1 Å². The first-order chi connectivity index (χ1) is 15.0. The molecule has 0 bridgehead atoms. The summed E-state index contributed by atoms with van der Waals surface area (Å²) in [5.74, 6) is 0.948. The molecule has 31 heavy (non-hydrogen) atoms. The number of nitrogen functional groups attached to an aromatic ring is 2. The predicted molar refractivity (Wildman–Crippen MR) is 120 cm³/mol. The fourth-order valence-corrected chi connectivity index (χ4v) is 4.94. The van der Waals surface area contributed by atoms with E-state index in [4.69, 9.17) is 11.5 Å². The van der Waals surface area contributed by atoms with Gasteiger partial charge in [-0.1, -0.05) is 18.2 Å². The summed E-state index contributed by atoms with van der Waals surface area (Å²) in [6.45, 7) is 0. The highest BCUT2D eigenvalue weighted by atomic mass is 16.3. The Balaban J connectivity index is 1.29. The van der Waals surface area contributed by atoms with Crippen LogP contribution in [-0.4, -0.2) is 41.9 Å². The van der Waals surface area contributed by atoms with E-state index in [2.05, 4.69) is 21.0 Å². The normalized spacial score (nSPS) is 23.7. The first-order valence-electron chi connectivity index (χ1n) is 10.6. The summed E-state index contributed by atoms with van der Waals surface area (Å²) in [5, 5.41) is 24.4. The Labute approximate surface area is 179 Å². The number of hydrogen-bond acceptors (Lipinski definition) is 7. The third kappa shape index (κ3) is 3.47. The molecule has 1 aliphatic carbocycles. The summed E-state index contributed by atoms with van der Waals surface area (Å²) in [4.78, 5) is 12.6. The quantitative estimate of drug-likeness (QED) is 0.391. The Bertz CT molecular complexity index is 1240. The van der Waals surface area contributed by atoms with Gasteiger partial charge in [0, 0.05) is 17.8 Å². The second kappa shape index (κ2) is 7.79. The second-order valence-corrected chi connectivity index (χ2v) is 8.40. The van der Waals surface area contributed by atoms with Gasteiger partial charge < -0.3 is 26.2 Å². The number of benzene rings is 1. The smallest absolute Gasteiger partial charge is 0.145 e. The van der Waals surface area contributed by atoms with Crippen molar-refractivity contribution in [3.05, 3.63) is 54.6 Å². The molecule has 0 radical (unpaired) electrons. The van der Waals surface area contributed by atoms with Gasteiger partial charge in [-0.3, -0.25) is 0 Å². The zero-order valence-electron chi connectivity index (χ0n) is 17.1. The van der Waals surface area contributed by atoms with E-state index >= 15 is 0 Å². The summed E-state index contributed by atoms with van der Waals surface area (Å²) in [7, 11) is 0. The van der Waals surface area contributed by atoms with Gasteiger partial charge in [0.1, 0.15) is 29.7 Å². The van der Waals surface area contributed by atoms with Crippen molar-refractivity contribution in [2.75, 3.05) is 11.5 Å². The molecule has 1 saturated carbocycles. The van der Waals surface area contributed by atoms with Crippen LogP contribution in [0.3, 0.4) is 0 Å². The molecule has 6 N–H and O–H groups in total. The first kappa shape index (κ1) is 19.7. The Morgan fingerprint density at radius 2 is 1.90 bits per heavy atom. The molecule has 1 aromatic carbocycles. The van der Waals surface area contributed by atoms with E-state index in [1.54, 1.807) is 0 Å². The van der Waals surface area contributed by atoms with E-state index in [1.807, 2.05) is 41.2 Å². The number of aliphatic hydroxyl groups is 2. The lowest BCUT2D eigenvalue weighted by Crippen LogP contribution is -2.29. The van der Waals surface area contributed by atoms with Gasteiger partial charge in [0.25, 0.3) is 0 Å². The molecule has 0 saturated heterocycles.